The summed E-state index contributed by atoms with van der Waals surface area (Å²) >= 11 is 0. The molecule has 0 radical (unpaired) electrons. The Bertz CT molecular complexity index is 934. The minimum Gasteiger partial charge on any atom is -0.490 e. The van der Waals surface area contributed by atoms with Gasteiger partial charge in [-0.1, -0.05) is 0 Å². The maximum Gasteiger partial charge on any atom is 0.289 e. The second-order valence-corrected chi connectivity index (χ2v) is 8.51. The normalized spacial score (nSPS) is 18.1. The van der Waals surface area contributed by atoms with Gasteiger partial charge in [-0.2, -0.15) is 4.31 Å². The van der Waals surface area contributed by atoms with Gasteiger partial charge in [0, 0.05) is 33.2 Å². The number of rotatable bonds is 3. The summed E-state index contributed by atoms with van der Waals surface area (Å²) in [7, 11) is -1.72. The average Bonchev–Trinajstić information content (AvgIpc) is 3.22. The number of fused-ring (bicyclic) bond motifs is 1. The summed E-state index contributed by atoms with van der Waals surface area (Å²) in [5.41, 5.74) is 0.772. The van der Waals surface area contributed by atoms with Crippen LogP contribution in [-0.4, -0.2) is 69.9 Å². The highest BCUT2D eigenvalue weighted by Crippen LogP contribution is 2.33. The Morgan fingerprint density at radius 3 is 2.56 bits per heavy atom. The fourth-order valence-corrected chi connectivity index (χ4v) is 4.77. The van der Waals surface area contributed by atoms with Gasteiger partial charge in [-0.3, -0.25) is 4.79 Å². The first-order chi connectivity index (χ1) is 13.0. The predicted octanol–water partition coefficient (Wildman–Crippen LogP) is 1.25. The first-order valence-electron chi connectivity index (χ1n) is 8.78. The number of ether oxygens (including phenoxy) is 1. The van der Waals surface area contributed by atoms with E-state index in [1.165, 1.54) is 10.6 Å². The lowest BCUT2D eigenvalue weighted by Gasteiger charge is -2.34. The molecular weight excluding hydrogens is 370 g/mol. The maximum absolute atomic E-state index is 13.0. The third-order valence-corrected chi connectivity index (χ3v) is 6.82. The summed E-state index contributed by atoms with van der Waals surface area (Å²) in [4.78, 5) is 16.2. The lowest BCUT2D eigenvalue weighted by molar-refractivity contribution is 0.0666. The van der Waals surface area contributed by atoms with Crippen LogP contribution in [0.25, 0.3) is 0 Å². The molecule has 0 N–H and O–H groups in total. The molecule has 0 saturated carbocycles. The first kappa shape index (κ1) is 17.9. The van der Waals surface area contributed by atoms with Crippen LogP contribution < -0.4 is 9.64 Å². The first-order valence-corrected chi connectivity index (χ1v) is 10.2. The molecule has 8 nitrogen and oxygen atoms in total. The number of amides is 1. The average molecular weight is 391 g/mol. The van der Waals surface area contributed by atoms with Crippen molar-refractivity contribution in [2.75, 3.05) is 51.3 Å². The molecule has 0 atom stereocenters. The number of anilines is 1. The van der Waals surface area contributed by atoms with Crippen LogP contribution in [0.4, 0.5) is 5.69 Å². The van der Waals surface area contributed by atoms with Gasteiger partial charge in [-0.15, -0.1) is 0 Å². The van der Waals surface area contributed by atoms with Gasteiger partial charge in [0.15, 0.2) is 5.76 Å². The summed E-state index contributed by atoms with van der Waals surface area (Å²) < 4.78 is 38.2. The highest BCUT2D eigenvalue weighted by Gasteiger charge is 2.32. The van der Waals surface area contributed by atoms with Crippen molar-refractivity contribution in [3.05, 3.63) is 42.4 Å². The SMILES string of the molecule is CN1CCOc2ccc(S(=O)(=O)N3CCN(C(=O)c4ccco4)CC3)cc21. The Labute approximate surface area is 158 Å². The number of carbonyl (C=O) groups excluding carboxylic acids is 1. The molecule has 2 aliphatic rings. The van der Waals surface area contributed by atoms with Crippen LogP contribution in [0.5, 0.6) is 5.75 Å². The molecule has 4 rings (SSSR count). The topological polar surface area (TPSA) is 83.3 Å². The molecule has 2 aromatic rings. The maximum atomic E-state index is 13.0. The van der Waals surface area contributed by atoms with E-state index in [-0.39, 0.29) is 29.7 Å². The van der Waals surface area contributed by atoms with Crippen LogP contribution in [0.15, 0.2) is 45.9 Å². The quantitative estimate of drug-likeness (QED) is 0.783. The van der Waals surface area contributed by atoms with Crippen molar-refractivity contribution in [1.29, 1.82) is 0 Å². The second kappa shape index (κ2) is 6.90. The molecular formula is C18H21N3O5S. The summed E-state index contributed by atoms with van der Waals surface area (Å²) in [5, 5.41) is 0. The minimum absolute atomic E-state index is 0.218. The molecule has 27 heavy (non-hydrogen) atoms. The van der Waals surface area contributed by atoms with Gasteiger partial charge in [0.1, 0.15) is 12.4 Å². The van der Waals surface area contributed by atoms with Crippen molar-refractivity contribution in [2.45, 2.75) is 4.90 Å². The van der Waals surface area contributed by atoms with Crippen molar-refractivity contribution in [2.24, 2.45) is 0 Å². The van der Waals surface area contributed by atoms with Gasteiger partial charge in [-0.05, 0) is 30.3 Å². The molecule has 2 aliphatic heterocycles. The van der Waals surface area contributed by atoms with Crippen LogP contribution in [0.3, 0.4) is 0 Å². The van der Waals surface area contributed by atoms with Crippen molar-refractivity contribution in [3.8, 4) is 5.75 Å². The third-order valence-electron chi connectivity index (χ3n) is 4.92. The monoisotopic (exact) mass is 391 g/mol. The molecule has 1 amide bonds. The number of benzene rings is 1. The van der Waals surface area contributed by atoms with Crippen molar-refractivity contribution in [1.82, 2.24) is 9.21 Å². The lowest BCUT2D eigenvalue weighted by Crippen LogP contribution is -2.50. The van der Waals surface area contributed by atoms with E-state index in [1.807, 2.05) is 11.9 Å². The van der Waals surface area contributed by atoms with Gasteiger partial charge in [0.25, 0.3) is 5.91 Å². The molecule has 1 fully saturated rings. The number of sulfonamides is 1. The number of hydrogen-bond donors (Lipinski definition) is 0. The zero-order valence-corrected chi connectivity index (χ0v) is 15.8. The van der Waals surface area contributed by atoms with Crippen molar-refractivity contribution < 1.29 is 22.4 Å². The molecule has 1 aromatic carbocycles. The van der Waals surface area contributed by atoms with Gasteiger partial charge < -0.3 is 19.0 Å². The standard InChI is InChI=1S/C18H21N3O5S/c1-19-10-12-26-16-5-4-14(13-15(16)19)27(23,24)21-8-6-20(7-9-21)18(22)17-3-2-11-25-17/h2-5,11,13H,6-10,12H2,1H3. The Kier molecular flexibility index (Phi) is 4.56. The van der Waals surface area contributed by atoms with E-state index >= 15 is 0 Å². The number of hydrogen-bond acceptors (Lipinski definition) is 6. The van der Waals surface area contributed by atoms with Crippen molar-refractivity contribution >= 4 is 21.6 Å². The fraction of sp³-hybridized carbons (Fsp3) is 0.389. The largest absolute Gasteiger partial charge is 0.490 e. The van der Waals surface area contributed by atoms with E-state index in [1.54, 1.807) is 35.2 Å². The number of likely N-dealkylation sites (N-methyl/N-ethyl adjacent to an activating group) is 1. The van der Waals surface area contributed by atoms with E-state index in [2.05, 4.69) is 0 Å². The molecule has 0 aliphatic carbocycles. The summed E-state index contributed by atoms with van der Waals surface area (Å²) in [6, 6.07) is 8.20. The highest BCUT2D eigenvalue weighted by atomic mass is 32.2. The van der Waals surface area contributed by atoms with E-state index in [9.17, 15) is 13.2 Å². The molecule has 1 aromatic heterocycles. The number of carbonyl (C=O) groups is 1. The van der Waals surface area contributed by atoms with E-state index < -0.39 is 10.0 Å². The van der Waals surface area contributed by atoms with Crippen LogP contribution in [0.2, 0.25) is 0 Å². The molecule has 0 bridgehead atoms. The zero-order valence-electron chi connectivity index (χ0n) is 15.0. The smallest absolute Gasteiger partial charge is 0.289 e. The Morgan fingerprint density at radius 1 is 1.07 bits per heavy atom. The molecule has 1 saturated heterocycles. The van der Waals surface area contributed by atoms with Gasteiger partial charge >= 0.3 is 0 Å². The Hall–Kier alpha value is -2.52. The number of piperazine rings is 1. The van der Waals surface area contributed by atoms with Crippen LogP contribution in [0.1, 0.15) is 10.6 Å². The third kappa shape index (κ3) is 3.28. The zero-order chi connectivity index (χ0) is 19.0. The Morgan fingerprint density at radius 2 is 1.85 bits per heavy atom. The highest BCUT2D eigenvalue weighted by molar-refractivity contribution is 7.89. The lowest BCUT2D eigenvalue weighted by atomic mass is 10.2. The fourth-order valence-electron chi connectivity index (χ4n) is 3.33. The van der Waals surface area contributed by atoms with Gasteiger partial charge in [0.2, 0.25) is 10.0 Å². The molecule has 9 heteroatoms. The predicted molar refractivity (Wildman–Crippen MR) is 98.6 cm³/mol. The van der Waals surface area contributed by atoms with Crippen molar-refractivity contribution in [3.63, 3.8) is 0 Å². The Balaban J connectivity index is 1.49. The minimum atomic E-state index is -3.63. The second-order valence-electron chi connectivity index (χ2n) is 6.57. The van der Waals surface area contributed by atoms with Crippen LogP contribution in [0, 0.1) is 0 Å². The molecule has 144 valence electrons. The number of nitrogens with zero attached hydrogens (tertiary/aromatic N) is 3. The number of furan rings is 1. The van der Waals surface area contributed by atoms with E-state index in [0.717, 1.165) is 5.69 Å². The van der Waals surface area contributed by atoms with Crippen LogP contribution in [-0.2, 0) is 10.0 Å². The summed E-state index contributed by atoms with van der Waals surface area (Å²) in [6.07, 6.45) is 1.45. The molecule has 0 spiro atoms. The van der Waals surface area contributed by atoms with Crippen LogP contribution >= 0.6 is 0 Å². The summed E-state index contributed by atoms with van der Waals surface area (Å²) in [6.45, 7) is 2.45. The summed E-state index contributed by atoms with van der Waals surface area (Å²) in [5.74, 6) is 0.741. The molecule has 3 heterocycles. The molecule has 0 unspecified atom stereocenters. The van der Waals surface area contributed by atoms with E-state index in [0.29, 0.717) is 32.0 Å². The van der Waals surface area contributed by atoms with E-state index in [4.69, 9.17) is 9.15 Å². The van der Waals surface area contributed by atoms with Gasteiger partial charge in [-0.25, -0.2) is 8.42 Å². The van der Waals surface area contributed by atoms with Gasteiger partial charge in [0.05, 0.1) is 23.4 Å².